The number of hydrogen-bond acceptors (Lipinski definition) is 2. The first-order valence-corrected chi connectivity index (χ1v) is 4.45. The van der Waals surface area contributed by atoms with Crippen LogP contribution < -0.4 is 0 Å². The van der Waals surface area contributed by atoms with Gasteiger partial charge < -0.3 is 9.72 Å². The van der Waals surface area contributed by atoms with E-state index < -0.39 is 0 Å². The number of ether oxygens (including phenoxy) is 1. The standard InChI is InChI=1S/C10H8ClNO2/c1-14-10(13)7-4-2-3-6-8(11)5-12-9(6)7/h2-5,12H,1H3. The number of nitrogens with one attached hydrogen (secondary N) is 1. The predicted molar refractivity (Wildman–Crippen MR) is 54.6 cm³/mol. The van der Waals surface area contributed by atoms with Gasteiger partial charge in [0.15, 0.2) is 0 Å². The zero-order valence-electron chi connectivity index (χ0n) is 7.50. The lowest BCUT2D eigenvalue weighted by molar-refractivity contribution is 0.0603. The molecule has 2 aromatic rings. The monoisotopic (exact) mass is 209 g/mol. The molecule has 0 fully saturated rings. The van der Waals surface area contributed by atoms with Crippen molar-refractivity contribution in [3.63, 3.8) is 0 Å². The van der Waals surface area contributed by atoms with E-state index in [9.17, 15) is 4.79 Å². The van der Waals surface area contributed by atoms with E-state index in [1.165, 1.54) is 7.11 Å². The summed E-state index contributed by atoms with van der Waals surface area (Å²) in [6.07, 6.45) is 1.65. The fourth-order valence-corrected chi connectivity index (χ4v) is 1.61. The maximum atomic E-state index is 11.4. The fourth-order valence-electron chi connectivity index (χ4n) is 1.40. The van der Waals surface area contributed by atoms with E-state index in [-0.39, 0.29) is 5.97 Å². The summed E-state index contributed by atoms with van der Waals surface area (Å²) in [6, 6.07) is 5.32. The number of carbonyl (C=O) groups is 1. The minimum Gasteiger partial charge on any atom is -0.465 e. The quantitative estimate of drug-likeness (QED) is 0.734. The Bertz CT molecular complexity index is 490. The zero-order valence-corrected chi connectivity index (χ0v) is 8.26. The van der Waals surface area contributed by atoms with Crippen LogP contribution in [-0.2, 0) is 4.74 Å². The molecule has 0 aliphatic heterocycles. The molecule has 4 heteroatoms. The van der Waals surface area contributed by atoms with Gasteiger partial charge in [-0.2, -0.15) is 0 Å². The van der Waals surface area contributed by atoms with Gasteiger partial charge in [-0.3, -0.25) is 0 Å². The van der Waals surface area contributed by atoms with Gasteiger partial charge in [-0.05, 0) is 6.07 Å². The summed E-state index contributed by atoms with van der Waals surface area (Å²) in [6.45, 7) is 0. The summed E-state index contributed by atoms with van der Waals surface area (Å²) in [5, 5.41) is 1.43. The van der Waals surface area contributed by atoms with Gasteiger partial charge >= 0.3 is 5.97 Å². The molecule has 0 aliphatic rings. The molecule has 0 bridgehead atoms. The zero-order chi connectivity index (χ0) is 10.1. The average molecular weight is 210 g/mol. The lowest BCUT2D eigenvalue weighted by Crippen LogP contribution is -2.01. The molecule has 0 amide bonds. The van der Waals surface area contributed by atoms with Crippen molar-refractivity contribution in [1.82, 2.24) is 4.98 Å². The number of aromatic nitrogens is 1. The third-order valence-electron chi connectivity index (χ3n) is 2.07. The number of halogens is 1. The average Bonchev–Trinajstić information content (AvgIpc) is 2.59. The van der Waals surface area contributed by atoms with Crippen LogP contribution in [-0.4, -0.2) is 18.1 Å². The second kappa shape index (κ2) is 3.35. The third kappa shape index (κ3) is 1.26. The van der Waals surface area contributed by atoms with Gasteiger partial charge in [0.05, 0.1) is 23.2 Å². The largest absolute Gasteiger partial charge is 0.465 e. The summed E-state index contributed by atoms with van der Waals surface area (Å²) in [7, 11) is 1.35. The number of para-hydroxylation sites is 1. The first-order valence-electron chi connectivity index (χ1n) is 4.08. The number of fused-ring (bicyclic) bond motifs is 1. The van der Waals surface area contributed by atoms with Crippen LogP contribution in [0.15, 0.2) is 24.4 Å². The Labute approximate surface area is 85.6 Å². The Balaban J connectivity index is 2.71. The van der Waals surface area contributed by atoms with Crippen LogP contribution >= 0.6 is 11.6 Å². The third-order valence-corrected chi connectivity index (χ3v) is 2.38. The van der Waals surface area contributed by atoms with Gasteiger partial charge in [0.25, 0.3) is 0 Å². The molecule has 3 nitrogen and oxygen atoms in total. The first-order chi connectivity index (χ1) is 6.74. The van der Waals surface area contributed by atoms with Gasteiger partial charge in [-0.25, -0.2) is 4.79 Å². The molecular weight excluding hydrogens is 202 g/mol. The normalized spacial score (nSPS) is 10.4. The summed E-state index contributed by atoms with van der Waals surface area (Å²) in [5.41, 5.74) is 1.21. The number of hydrogen-bond donors (Lipinski definition) is 1. The van der Waals surface area contributed by atoms with Gasteiger partial charge in [0, 0.05) is 11.6 Å². The Morgan fingerprint density at radius 2 is 2.29 bits per heavy atom. The number of aromatic amines is 1. The Morgan fingerprint density at radius 3 is 3.00 bits per heavy atom. The number of rotatable bonds is 1. The molecule has 0 unspecified atom stereocenters. The Kier molecular flexibility index (Phi) is 2.17. The van der Waals surface area contributed by atoms with Crippen LogP contribution in [0, 0.1) is 0 Å². The highest BCUT2D eigenvalue weighted by Gasteiger charge is 2.12. The lowest BCUT2D eigenvalue weighted by Gasteiger charge is -2.00. The molecule has 0 saturated heterocycles. The van der Waals surface area contributed by atoms with E-state index in [0.717, 1.165) is 5.39 Å². The molecule has 0 aliphatic carbocycles. The van der Waals surface area contributed by atoms with Crippen LogP contribution in [0.1, 0.15) is 10.4 Å². The molecule has 0 atom stereocenters. The second-order valence-electron chi connectivity index (χ2n) is 2.86. The van der Waals surface area contributed by atoms with Crippen molar-refractivity contribution in [3.8, 4) is 0 Å². The maximum absolute atomic E-state index is 11.4. The van der Waals surface area contributed by atoms with E-state index in [1.54, 1.807) is 18.3 Å². The fraction of sp³-hybridized carbons (Fsp3) is 0.100. The van der Waals surface area contributed by atoms with Crippen molar-refractivity contribution < 1.29 is 9.53 Å². The molecule has 72 valence electrons. The number of H-pyrrole nitrogens is 1. The first kappa shape index (κ1) is 9.09. The van der Waals surface area contributed by atoms with Crippen LogP contribution in [0.2, 0.25) is 5.02 Å². The molecule has 0 spiro atoms. The smallest absolute Gasteiger partial charge is 0.339 e. The molecule has 1 aromatic heterocycles. The summed E-state index contributed by atoms with van der Waals surface area (Å²) in [4.78, 5) is 14.3. The Hall–Kier alpha value is -1.48. The molecule has 14 heavy (non-hydrogen) atoms. The number of benzene rings is 1. The van der Waals surface area contributed by atoms with Crippen molar-refractivity contribution in [1.29, 1.82) is 0 Å². The Morgan fingerprint density at radius 1 is 1.50 bits per heavy atom. The molecule has 0 saturated carbocycles. The van der Waals surface area contributed by atoms with Crippen molar-refractivity contribution in [2.45, 2.75) is 0 Å². The van der Waals surface area contributed by atoms with Crippen molar-refractivity contribution in [3.05, 3.63) is 35.0 Å². The minimum absolute atomic E-state index is 0.367. The van der Waals surface area contributed by atoms with Crippen LogP contribution in [0.3, 0.4) is 0 Å². The highest BCUT2D eigenvalue weighted by Crippen LogP contribution is 2.25. The SMILES string of the molecule is COC(=O)c1cccc2c(Cl)c[nH]c12. The van der Waals surface area contributed by atoms with Gasteiger partial charge in [0.2, 0.25) is 0 Å². The number of carbonyl (C=O) groups excluding carboxylic acids is 1. The maximum Gasteiger partial charge on any atom is 0.339 e. The van der Waals surface area contributed by atoms with Crippen LogP contribution in [0.4, 0.5) is 0 Å². The number of esters is 1. The van der Waals surface area contributed by atoms with Gasteiger partial charge in [-0.15, -0.1) is 0 Å². The van der Waals surface area contributed by atoms with E-state index >= 15 is 0 Å². The van der Waals surface area contributed by atoms with Crippen LogP contribution in [0.25, 0.3) is 10.9 Å². The minimum atomic E-state index is -0.367. The molecule has 0 radical (unpaired) electrons. The molecule has 1 aromatic carbocycles. The molecule has 1 heterocycles. The summed E-state index contributed by atoms with van der Waals surface area (Å²) < 4.78 is 4.65. The van der Waals surface area contributed by atoms with Crippen molar-refractivity contribution >= 4 is 28.5 Å². The van der Waals surface area contributed by atoms with E-state index in [4.69, 9.17) is 11.6 Å². The van der Waals surface area contributed by atoms with Crippen molar-refractivity contribution in [2.24, 2.45) is 0 Å². The molecule has 1 N–H and O–H groups in total. The summed E-state index contributed by atoms with van der Waals surface area (Å²) in [5.74, 6) is -0.367. The van der Waals surface area contributed by atoms with E-state index in [1.807, 2.05) is 6.07 Å². The van der Waals surface area contributed by atoms with Crippen LogP contribution in [0.5, 0.6) is 0 Å². The number of methoxy groups -OCH3 is 1. The van der Waals surface area contributed by atoms with E-state index in [0.29, 0.717) is 16.1 Å². The van der Waals surface area contributed by atoms with Gasteiger partial charge in [-0.1, -0.05) is 23.7 Å². The predicted octanol–water partition coefficient (Wildman–Crippen LogP) is 2.61. The van der Waals surface area contributed by atoms with Crippen molar-refractivity contribution in [2.75, 3.05) is 7.11 Å². The lowest BCUT2D eigenvalue weighted by atomic mass is 10.1. The van der Waals surface area contributed by atoms with Gasteiger partial charge in [0.1, 0.15) is 0 Å². The highest BCUT2D eigenvalue weighted by atomic mass is 35.5. The summed E-state index contributed by atoms with van der Waals surface area (Å²) >= 11 is 5.91. The molecular formula is C10H8ClNO2. The van der Waals surface area contributed by atoms with E-state index in [2.05, 4.69) is 9.72 Å². The second-order valence-corrected chi connectivity index (χ2v) is 3.26. The highest BCUT2D eigenvalue weighted by molar-refractivity contribution is 6.36. The topological polar surface area (TPSA) is 42.1 Å². The molecule has 2 rings (SSSR count).